The number of nitrogens with zero attached hydrogens (tertiary/aromatic N) is 1. The Bertz CT molecular complexity index is 275. The van der Waals surface area contributed by atoms with Gasteiger partial charge in [0.1, 0.15) is 6.04 Å². The van der Waals surface area contributed by atoms with Gasteiger partial charge in [0.05, 0.1) is 0 Å². The number of amides is 1. The number of piperidine rings is 1. The van der Waals surface area contributed by atoms with E-state index in [1.54, 1.807) is 4.90 Å². The maximum Gasteiger partial charge on any atom is 0.326 e. The van der Waals surface area contributed by atoms with Crippen molar-refractivity contribution in [3.8, 4) is 0 Å². The highest BCUT2D eigenvalue weighted by Gasteiger charge is 2.34. The van der Waals surface area contributed by atoms with Gasteiger partial charge in [0.2, 0.25) is 5.91 Å². The van der Waals surface area contributed by atoms with Crippen molar-refractivity contribution in [3.63, 3.8) is 0 Å². The lowest BCUT2D eigenvalue weighted by atomic mass is 9.93. The Morgan fingerprint density at radius 2 is 1.88 bits per heavy atom. The summed E-state index contributed by atoms with van der Waals surface area (Å²) in [6, 6.07) is -0.609. The number of carbonyl (C=O) groups is 2. The number of hydrogen-bond acceptors (Lipinski definition) is 2. The van der Waals surface area contributed by atoms with Crippen molar-refractivity contribution in [1.29, 1.82) is 0 Å². The van der Waals surface area contributed by atoms with Crippen LogP contribution in [0.1, 0.15) is 40.0 Å². The van der Waals surface area contributed by atoms with Gasteiger partial charge in [0, 0.05) is 12.5 Å². The van der Waals surface area contributed by atoms with Crippen molar-refractivity contribution in [2.45, 2.75) is 46.1 Å². The SMILES string of the molecule is CC(C)C(C)C(=O)N1CCCC[C@H]1C(=O)O. The highest BCUT2D eigenvalue weighted by molar-refractivity contribution is 5.85. The number of rotatable bonds is 3. The molecule has 0 aromatic heterocycles. The summed E-state index contributed by atoms with van der Waals surface area (Å²) in [7, 11) is 0. The molecule has 0 saturated carbocycles. The van der Waals surface area contributed by atoms with E-state index < -0.39 is 12.0 Å². The third-order valence-corrected chi connectivity index (χ3v) is 3.46. The van der Waals surface area contributed by atoms with Gasteiger partial charge in [0.25, 0.3) is 0 Å². The van der Waals surface area contributed by atoms with Crippen LogP contribution in [0.5, 0.6) is 0 Å². The third kappa shape index (κ3) is 2.74. The molecule has 16 heavy (non-hydrogen) atoms. The van der Waals surface area contributed by atoms with E-state index in [0.717, 1.165) is 12.8 Å². The molecule has 1 N–H and O–H groups in total. The molecule has 92 valence electrons. The van der Waals surface area contributed by atoms with E-state index in [1.807, 2.05) is 20.8 Å². The number of aliphatic carboxylic acids is 1. The molecule has 0 aromatic rings. The number of carboxylic acids is 1. The maximum atomic E-state index is 12.1. The summed E-state index contributed by atoms with van der Waals surface area (Å²) in [6.07, 6.45) is 2.41. The first kappa shape index (κ1) is 13.0. The predicted molar refractivity (Wildman–Crippen MR) is 61.0 cm³/mol. The van der Waals surface area contributed by atoms with Crippen LogP contribution in [-0.2, 0) is 9.59 Å². The van der Waals surface area contributed by atoms with E-state index in [4.69, 9.17) is 5.11 Å². The second kappa shape index (κ2) is 5.32. The molecule has 0 bridgehead atoms. The van der Waals surface area contributed by atoms with Crippen LogP contribution < -0.4 is 0 Å². The van der Waals surface area contributed by atoms with Crippen molar-refractivity contribution in [3.05, 3.63) is 0 Å². The van der Waals surface area contributed by atoms with Crippen molar-refractivity contribution >= 4 is 11.9 Å². The first-order valence-electron chi connectivity index (χ1n) is 5.98. The minimum absolute atomic E-state index is 0.0119. The Labute approximate surface area is 96.6 Å². The molecule has 0 aromatic carbocycles. The van der Waals surface area contributed by atoms with Crippen LogP contribution in [0.3, 0.4) is 0 Å². The van der Waals surface area contributed by atoms with E-state index in [-0.39, 0.29) is 17.7 Å². The topological polar surface area (TPSA) is 57.6 Å². The highest BCUT2D eigenvalue weighted by Crippen LogP contribution is 2.22. The lowest BCUT2D eigenvalue weighted by Gasteiger charge is -2.35. The van der Waals surface area contributed by atoms with Gasteiger partial charge in [0.15, 0.2) is 0 Å². The fourth-order valence-corrected chi connectivity index (χ4v) is 2.00. The minimum Gasteiger partial charge on any atom is -0.480 e. The smallest absolute Gasteiger partial charge is 0.326 e. The molecule has 2 atom stereocenters. The van der Waals surface area contributed by atoms with Gasteiger partial charge in [-0.15, -0.1) is 0 Å². The van der Waals surface area contributed by atoms with Gasteiger partial charge in [-0.3, -0.25) is 4.79 Å². The Kier molecular flexibility index (Phi) is 4.33. The summed E-state index contributed by atoms with van der Waals surface area (Å²) in [5.41, 5.74) is 0. The molecule has 1 aliphatic rings. The molecular formula is C12H21NO3. The molecule has 1 unspecified atom stereocenters. The van der Waals surface area contributed by atoms with Gasteiger partial charge >= 0.3 is 5.97 Å². The zero-order valence-corrected chi connectivity index (χ0v) is 10.3. The fourth-order valence-electron chi connectivity index (χ4n) is 2.00. The van der Waals surface area contributed by atoms with Crippen LogP contribution in [0.2, 0.25) is 0 Å². The van der Waals surface area contributed by atoms with Gasteiger partial charge in [-0.2, -0.15) is 0 Å². The Morgan fingerprint density at radius 1 is 1.25 bits per heavy atom. The minimum atomic E-state index is -0.871. The first-order chi connectivity index (χ1) is 7.45. The number of hydrogen-bond donors (Lipinski definition) is 1. The van der Waals surface area contributed by atoms with Crippen LogP contribution in [0.25, 0.3) is 0 Å². The lowest BCUT2D eigenvalue weighted by Crippen LogP contribution is -2.50. The van der Waals surface area contributed by atoms with Crippen LogP contribution in [0.4, 0.5) is 0 Å². The van der Waals surface area contributed by atoms with E-state index in [1.165, 1.54) is 0 Å². The predicted octanol–water partition coefficient (Wildman–Crippen LogP) is 1.74. The van der Waals surface area contributed by atoms with Crippen molar-refractivity contribution in [2.24, 2.45) is 11.8 Å². The molecule has 4 heteroatoms. The molecule has 1 aliphatic heterocycles. The summed E-state index contributed by atoms with van der Waals surface area (Å²) in [5, 5.41) is 9.08. The van der Waals surface area contributed by atoms with Gasteiger partial charge < -0.3 is 10.0 Å². The molecule has 0 spiro atoms. The van der Waals surface area contributed by atoms with Crippen molar-refractivity contribution < 1.29 is 14.7 Å². The molecule has 1 rings (SSSR count). The van der Waals surface area contributed by atoms with Crippen LogP contribution >= 0.6 is 0 Å². The van der Waals surface area contributed by atoms with Crippen LogP contribution in [0, 0.1) is 11.8 Å². The van der Waals surface area contributed by atoms with E-state index >= 15 is 0 Å². The summed E-state index contributed by atoms with van der Waals surface area (Å²) in [6.45, 7) is 6.44. The maximum absolute atomic E-state index is 12.1. The molecule has 4 nitrogen and oxygen atoms in total. The van der Waals surface area contributed by atoms with E-state index in [9.17, 15) is 9.59 Å². The van der Waals surface area contributed by atoms with Crippen LogP contribution in [-0.4, -0.2) is 34.5 Å². The van der Waals surface area contributed by atoms with E-state index in [0.29, 0.717) is 13.0 Å². The van der Waals surface area contributed by atoms with Gasteiger partial charge in [-0.25, -0.2) is 4.79 Å². The summed E-state index contributed by atoms with van der Waals surface area (Å²) in [4.78, 5) is 24.7. The third-order valence-electron chi connectivity index (χ3n) is 3.46. The average molecular weight is 227 g/mol. The van der Waals surface area contributed by atoms with Crippen molar-refractivity contribution in [2.75, 3.05) is 6.54 Å². The Balaban J connectivity index is 2.75. The molecule has 1 amide bonds. The second-order valence-electron chi connectivity index (χ2n) is 4.91. The highest BCUT2D eigenvalue weighted by atomic mass is 16.4. The van der Waals surface area contributed by atoms with E-state index in [2.05, 4.69) is 0 Å². The molecule has 1 saturated heterocycles. The molecular weight excluding hydrogens is 206 g/mol. The summed E-state index contributed by atoms with van der Waals surface area (Å²) >= 11 is 0. The number of carboxylic acid groups (broad SMARTS) is 1. The molecule has 0 aliphatic carbocycles. The number of carbonyl (C=O) groups excluding carboxylic acids is 1. The average Bonchev–Trinajstić information content (AvgIpc) is 2.26. The standard InChI is InChI=1S/C12H21NO3/c1-8(2)9(3)11(14)13-7-5-4-6-10(13)12(15)16/h8-10H,4-7H2,1-3H3,(H,15,16)/t9?,10-/m0/s1. The van der Waals surface area contributed by atoms with Crippen molar-refractivity contribution in [1.82, 2.24) is 4.90 Å². The monoisotopic (exact) mass is 227 g/mol. The molecule has 1 heterocycles. The molecule has 0 radical (unpaired) electrons. The number of likely N-dealkylation sites (tertiary alicyclic amines) is 1. The zero-order chi connectivity index (χ0) is 12.3. The molecule has 1 fully saturated rings. The summed E-state index contributed by atoms with van der Waals surface area (Å²) in [5.74, 6) is -0.727. The fraction of sp³-hybridized carbons (Fsp3) is 0.833. The Morgan fingerprint density at radius 3 is 2.38 bits per heavy atom. The van der Waals surface area contributed by atoms with Gasteiger partial charge in [-0.05, 0) is 25.2 Å². The van der Waals surface area contributed by atoms with Crippen LogP contribution in [0.15, 0.2) is 0 Å². The largest absolute Gasteiger partial charge is 0.480 e. The van der Waals surface area contributed by atoms with Gasteiger partial charge in [-0.1, -0.05) is 20.8 Å². The quantitative estimate of drug-likeness (QED) is 0.799. The summed E-state index contributed by atoms with van der Waals surface area (Å²) < 4.78 is 0. The zero-order valence-electron chi connectivity index (χ0n) is 10.3. The second-order valence-corrected chi connectivity index (χ2v) is 4.91. The Hall–Kier alpha value is -1.06. The lowest BCUT2D eigenvalue weighted by molar-refractivity contribution is -0.154. The first-order valence-corrected chi connectivity index (χ1v) is 5.98. The normalized spacial score (nSPS) is 23.2.